The Kier molecular flexibility index (Phi) is 4.89. The number of nitrogens with two attached hydrogens (primary N) is 1. The van der Waals surface area contributed by atoms with Gasteiger partial charge in [0.25, 0.3) is 0 Å². The second kappa shape index (κ2) is 6.87. The number of ether oxygens (including phenoxy) is 1. The number of benzene rings is 1. The second-order valence-electron chi connectivity index (χ2n) is 4.31. The highest BCUT2D eigenvalue weighted by Crippen LogP contribution is 2.21. The van der Waals surface area contributed by atoms with E-state index in [1.165, 1.54) is 0 Å². The van der Waals surface area contributed by atoms with Crippen molar-refractivity contribution in [1.82, 2.24) is 4.98 Å². The van der Waals surface area contributed by atoms with Crippen LogP contribution in [0.4, 0.5) is 0 Å². The third-order valence-corrected chi connectivity index (χ3v) is 2.84. The monoisotopic (exact) mass is 258 g/mol. The summed E-state index contributed by atoms with van der Waals surface area (Å²) < 4.78 is 5.69. The first-order chi connectivity index (χ1) is 9.29. The molecule has 1 unspecified atom stereocenters. The van der Waals surface area contributed by atoms with Crippen molar-refractivity contribution in [3.8, 4) is 5.75 Å². The molecule has 3 N–H and O–H groups in total. The van der Waals surface area contributed by atoms with Crippen molar-refractivity contribution in [3.63, 3.8) is 0 Å². The maximum Gasteiger partial charge on any atom is 0.120 e. The van der Waals surface area contributed by atoms with E-state index in [1.54, 1.807) is 12.4 Å². The summed E-state index contributed by atoms with van der Waals surface area (Å²) in [5, 5.41) is 9.89. The molecule has 0 saturated carbocycles. The first-order valence-corrected chi connectivity index (χ1v) is 6.29. The smallest absolute Gasteiger partial charge is 0.120 e. The number of nitrogens with zero attached hydrogens (tertiary/aromatic N) is 1. The molecule has 0 aliphatic carbocycles. The predicted molar refractivity (Wildman–Crippen MR) is 73.6 cm³/mol. The van der Waals surface area contributed by atoms with Crippen LogP contribution >= 0.6 is 0 Å². The number of aromatic nitrogens is 1. The van der Waals surface area contributed by atoms with E-state index in [4.69, 9.17) is 10.5 Å². The molecular weight excluding hydrogens is 240 g/mol. The summed E-state index contributed by atoms with van der Waals surface area (Å²) in [6.07, 6.45) is 3.49. The molecule has 2 rings (SSSR count). The summed E-state index contributed by atoms with van der Waals surface area (Å²) >= 11 is 0. The van der Waals surface area contributed by atoms with Gasteiger partial charge >= 0.3 is 0 Å². The quantitative estimate of drug-likeness (QED) is 0.832. The van der Waals surface area contributed by atoms with Crippen molar-refractivity contribution in [2.45, 2.75) is 19.1 Å². The predicted octanol–water partition coefficient (Wildman–Crippen LogP) is 2.04. The van der Waals surface area contributed by atoms with Gasteiger partial charge in [0, 0.05) is 12.4 Å². The van der Waals surface area contributed by atoms with Gasteiger partial charge in [-0.15, -0.1) is 0 Å². The largest absolute Gasteiger partial charge is 0.489 e. The molecule has 100 valence electrons. The lowest BCUT2D eigenvalue weighted by molar-refractivity contribution is 0.169. The Bertz CT molecular complexity index is 503. The first kappa shape index (κ1) is 13.5. The number of aliphatic hydroxyl groups is 1. The summed E-state index contributed by atoms with van der Waals surface area (Å²) in [4.78, 5) is 3.96. The summed E-state index contributed by atoms with van der Waals surface area (Å²) in [5.74, 6) is 0.741. The molecule has 2 aromatic rings. The van der Waals surface area contributed by atoms with Crippen LogP contribution in [0.5, 0.6) is 5.75 Å². The molecule has 0 aliphatic heterocycles. The molecule has 0 fully saturated rings. The van der Waals surface area contributed by atoms with Crippen molar-refractivity contribution in [2.24, 2.45) is 5.73 Å². The molecule has 1 atom stereocenters. The molecule has 0 aliphatic rings. The van der Waals surface area contributed by atoms with Crippen LogP contribution in [-0.4, -0.2) is 16.6 Å². The summed E-state index contributed by atoms with van der Waals surface area (Å²) in [5.41, 5.74) is 7.33. The molecule has 1 heterocycles. The van der Waals surface area contributed by atoms with E-state index in [2.05, 4.69) is 4.98 Å². The average molecular weight is 258 g/mol. The molecule has 0 radical (unpaired) electrons. The average Bonchev–Trinajstić information content (AvgIpc) is 2.47. The van der Waals surface area contributed by atoms with E-state index < -0.39 is 6.10 Å². The molecule has 0 bridgehead atoms. The molecule has 0 amide bonds. The van der Waals surface area contributed by atoms with Gasteiger partial charge in [0.15, 0.2) is 0 Å². The van der Waals surface area contributed by atoms with Crippen LogP contribution in [0.15, 0.2) is 48.8 Å². The highest BCUT2D eigenvalue weighted by Gasteiger charge is 2.07. The van der Waals surface area contributed by atoms with Crippen molar-refractivity contribution >= 4 is 0 Å². The van der Waals surface area contributed by atoms with Crippen molar-refractivity contribution in [1.29, 1.82) is 0 Å². The third kappa shape index (κ3) is 4.05. The fraction of sp³-hybridized carbons (Fsp3) is 0.267. The zero-order valence-corrected chi connectivity index (χ0v) is 10.7. The van der Waals surface area contributed by atoms with Gasteiger partial charge in [-0.3, -0.25) is 4.98 Å². The number of aliphatic hydroxyl groups excluding tert-OH is 1. The Morgan fingerprint density at radius 2 is 2.00 bits per heavy atom. The van der Waals surface area contributed by atoms with Crippen LogP contribution in [0, 0.1) is 0 Å². The normalized spacial score (nSPS) is 12.1. The maximum atomic E-state index is 9.89. The molecule has 4 heteroatoms. The van der Waals surface area contributed by atoms with Gasteiger partial charge in [-0.2, -0.15) is 0 Å². The van der Waals surface area contributed by atoms with E-state index in [0.29, 0.717) is 19.6 Å². The van der Waals surface area contributed by atoms with Crippen molar-refractivity contribution < 1.29 is 9.84 Å². The topological polar surface area (TPSA) is 68.4 Å². The first-order valence-electron chi connectivity index (χ1n) is 6.29. The number of rotatable bonds is 6. The minimum absolute atomic E-state index is 0.462. The lowest BCUT2D eigenvalue weighted by Crippen LogP contribution is -2.06. The van der Waals surface area contributed by atoms with Gasteiger partial charge in [0.1, 0.15) is 12.4 Å². The van der Waals surface area contributed by atoms with Crippen LogP contribution in [0.1, 0.15) is 23.7 Å². The Labute approximate surface area is 112 Å². The number of pyridine rings is 1. The van der Waals surface area contributed by atoms with Gasteiger partial charge in [0.05, 0.1) is 6.10 Å². The van der Waals surface area contributed by atoms with Crippen LogP contribution in [-0.2, 0) is 6.61 Å². The van der Waals surface area contributed by atoms with E-state index in [1.807, 2.05) is 36.4 Å². The van der Waals surface area contributed by atoms with E-state index in [9.17, 15) is 5.11 Å². The van der Waals surface area contributed by atoms with Crippen LogP contribution in [0.25, 0.3) is 0 Å². The Morgan fingerprint density at radius 3 is 2.74 bits per heavy atom. The highest BCUT2D eigenvalue weighted by molar-refractivity contribution is 5.30. The minimum atomic E-state index is -0.533. The highest BCUT2D eigenvalue weighted by atomic mass is 16.5. The molecular formula is C15H18N2O2. The SMILES string of the molecule is NCCC(O)c1cccc(OCc2ccncc2)c1. The van der Waals surface area contributed by atoms with Crippen molar-refractivity contribution in [2.75, 3.05) is 6.54 Å². The molecule has 4 nitrogen and oxygen atoms in total. The zero-order valence-electron chi connectivity index (χ0n) is 10.7. The molecule has 1 aromatic heterocycles. The molecule has 1 aromatic carbocycles. The number of hydrogen-bond donors (Lipinski definition) is 2. The van der Waals surface area contributed by atoms with Gasteiger partial charge < -0.3 is 15.6 Å². The fourth-order valence-corrected chi connectivity index (χ4v) is 1.78. The zero-order chi connectivity index (χ0) is 13.5. The Balaban J connectivity index is 1.99. The lowest BCUT2D eigenvalue weighted by Gasteiger charge is -2.12. The van der Waals surface area contributed by atoms with Crippen LogP contribution in [0.2, 0.25) is 0 Å². The van der Waals surface area contributed by atoms with Gasteiger partial charge in [-0.05, 0) is 48.4 Å². The van der Waals surface area contributed by atoms with E-state index >= 15 is 0 Å². The third-order valence-electron chi connectivity index (χ3n) is 2.84. The standard InChI is InChI=1S/C15H18N2O2/c16-7-4-15(18)13-2-1-3-14(10-13)19-11-12-5-8-17-9-6-12/h1-3,5-6,8-10,15,18H,4,7,11,16H2. The van der Waals surface area contributed by atoms with Crippen LogP contribution < -0.4 is 10.5 Å². The van der Waals surface area contributed by atoms with E-state index in [-0.39, 0.29) is 0 Å². The Morgan fingerprint density at radius 1 is 1.21 bits per heavy atom. The van der Waals surface area contributed by atoms with Crippen molar-refractivity contribution in [3.05, 3.63) is 59.9 Å². The van der Waals surface area contributed by atoms with Gasteiger partial charge in [-0.1, -0.05) is 12.1 Å². The summed E-state index contributed by atoms with van der Waals surface area (Å²) in [7, 11) is 0. The van der Waals surface area contributed by atoms with Gasteiger partial charge in [-0.25, -0.2) is 0 Å². The second-order valence-corrected chi connectivity index (χ2v) is 4.31. The van der Waals surface area contributed by atoms with Gasteiger partial charge in [0.2, 0.25) is 0 Å². The van der Waals surface area contributed by atoms with E-state index in [0.717, 1.165) is 16.9 Å². The minimum Gasteiger partial charge on any atom is -0.489 e. The molecule has 0 saturated heterocycles. The fourth-order valence-electron chi connectivity index (χ4n) is 1.78. The molecule has 19 heavy (non-hydrogen) atoms. The number of hydrogen-bond acceptors (Lipinski definition) is 4. The lowest BCUT2D eigenvalue weighted by atomic mass is 10.1. The summed E-state index contributed by atoms with van der Waals surface area (Å²) in [6.45, 7) is 0.947. The molecule has 0 spiro atoms. The Hall–Kier alpha value is -1.91. The summed E-state index contributed by atoms with van der Waals surface area (Å²) in [6, 6.07) is 11.3. The maximum absolute atomic E-state index is 9.89. The van der Waals surface area contributed by atoms with Crippen LogP contribution in [0.3, 0.4) is 0 Å².